The average Bonchev–Trinajstić information content (AvgIpc) is 1.64. The molecule has 0 aromatic carbocycles. The van der Waals surface area contributed by atoms with Crippen molar-refractivity contribution in [3.63, 3.8) is 0 Å². The Morgan fingerprint density at radius 2 is 2.62 bits per heavy atom. The van der Waals surface area contributed by atoms with Crippen molar-refractivity contribution < 1.29 is 0 Å². The predicted molar refractivity (Wildman–Crippen MR) is 37.6 cm³/mol. The molecule has 1 N–H and O–H groups in total. The standard InChI is InChI=1S/C5H9BrN2/c1-8-3-2-7-5(6)4-8/h4,7H,2-3H2,1H3. The van der Waals surface area contributed by atoms with Crippen molar-refractivity contribution in [3.05, 3.63) is 10.8 Å². The second-order valence-electron chi connectivity index (χ2n) is 1.88. The van der Waals surface area contributed by atoms with Crippen LogP contribution in [0.2, 0.25) is 0 Å². The molecular weight excluding hydrogens is 168 g/mol. The quantitative estimate of drug-likeness (QED) is 0.548. The number of hydrogen-bond acceptors (Lipinski definition) is 2. The molecule has 8 heavy (non-hydrogen) atoms. The Hall–Kier alpha value is -0.180. The maximum absolute atomic E-state index is 3.34. The van der Waals surface area contributed by atoms with Crippen LogP contribution < -0.4 is 5.32 Å². The summed E-state index contributed by atoms with van der Waals surface area (Å²) >= 11 is 3.34. The monoisotopic (exact) mass is 176 g/mol. The van der Waals surface area contributed by atoms with Gasteiger partial charge in [-0.05, 0) is 15.9 Å². The van der Waals surface area contributed by atoms with Crippen LogP contribution in [0.25, 0.3) is 0 Å². The minimum atomic E-state index is 1.04. The summed E-state index contributed by atoms with van der Waals surface area (Å²) in [5, 5.41) is 3.15. The highest BCUT2D eigenvalue weighted by molar-refractivity contribution is 9.11. The molecule has 0 radical (unpaired) electrons. The number of hydrogen-bond donors (Lipinski definition) is 1. The number of nitrogens with one attached hydrogen (secondary N) is 1. The molecule has 1 rings (SSSR count). The van der Waals surface area contributed by atoms with Crippen LogP contribution in [0.4, 0.5) is 0 Å². The maximum atomic E-state index is 3.34. The number of nitrogens with zero attached hydrogens (tertiary/aromatic N) is 1. The third-order valence-corrected chi connectivity index (χ3v) is 1.58. The van der Waals surface area contributed by atoms with E-state index in [1.54, 1.807) is 0 Å². The van der Waals surface area contributed by atoms with E-state index >= 15 is 0 Å². The average molecular weight is 177 g/mol. The molecule has 0 aromatic rings. The molecule has 0 fully saturated rings. The van der Waals surface area contributed by atoms with Gasteiger partial charge in [0.05, 0.1) is 4.61 Å². The number of halogens is 1. The lowest BCUT2D eigenvalue weighted by Crippen LogP contribution is -2.30. The lowest BCUT2D eigenvalue weighted by molar-refractivity contribution is 0.429. The minimum Gasteiger partial charge on any atom is -0.377 e. The molecule has 0 unspecified atom stereocenters. The smallest absolute Gasteiger partial charge is 0.0941 e. The molecule has 3 heteroatoms. The fourth-order valence-corrected chi connectivity index (χ4v) is 1.20. The van der Waals surface area contributed by atoms with Crippen molar-refractivity contribution in [1.82, 2.24) is 10.2 Å². The van der Waals surface area contributed by atoms with Crippen LogP contribution >= 0.6 is 15.9 Å². The van der Waals surface area contributed by atoms with E-state index in [1.807, 2.05) is 6.20 Å². The highest BCUT2D eigenvalue weighted by Crippen LogP contribution is 2.04. The van der Waals surface area contributed by atoms with Crippen LogP contribution in [0.1, 0.15) is 0 Å². The van der Waals surface area contributed by atoms with Gasteiger partial charge < -0.3 is 10.2 Å². The molecule has 1 heterocycles. The minimum absolute atomic E-state index is 1.04. The second-order valence-corrected chi connectivity index (χ2v) is 2.74. The zero-order chi connectivity index (χ0) is 5.98. The van der Waals surface area contributed by atoms with Crippen molar-refractivity contribution in [3.8, 4) is 0 Å². The molecule has 1 aliphatic rings. The van der Waals surface area contributed by atoms with Gasteiger partial charge in [0.2, 0.25) is 0 Å². The Balaban J connectivity index is 2.50. The summed E-state index contributed by atoms with van der Waals surface area (Å²) in [4.78, 5) is 2.14. The van der Waals surface area contributed by atoms with Gasteiger partial charge in [0, 0.05) is 26.3 Å². The molecule has 0 aromatic heterocycles. The molecule has 0 aliphatic carbocycles. The van der Waals surface area contributed by atoms with Gasteiger partial charge in [-0.25, -0.2) is 0 Å². The fraction of sp³-hybridized carbons (Fsp3) is 0.600. The zero-order valence-electron chi connectivity index (χ0n) is 4.82. The van der Waals surface area contributed by atoms with Gasteiger partial charge in [-0.3, -0.25) is 0 Å². The molecular formula is C5H9BrN2. The van der Waals surface area contributed by atoms with Gasteiger partial charge in [0.1, 0.15) is 0 Å². The second kappa shape index (κ2) is 2.40. The van der Waals surface area contributed by atoms with Crippen molar-refractivity contribution in [2.45, 2.75) is 0 Å². The van der Waals surface area contributed by atoms with Crippen molar-refractivity contribution >= 4 is 15.9 Å². The van der Waals surface area contributed by atoms with Gasteiger partial charge in [0.25, 0.3) is 0 Å². The van der Waals surface area contributed by atoms with Crippen LogP contribution in [0.3, 0.4) is 0 Å². The van der Waals surface area contributed by atoms with Gasteiger partial charge in [-0.1, -0.05) is 0 Å². The van der Waals surface area contributed by atoms with Gasteiger partial charge in [-0.15, -0.1) is 0 Å². The van der Waals surface area contributed by atoms with Crippen LogP contribution in [0, 0.1) is 0 Å². The topological polar surface area (TPSA) is 15.3 Å². The molecule has 0 saturated carbocycles. The van der Waals surface area contributed by atoms with Crippen molar-refractivity contribution in [2.75, 3.05) is 20.1 Å². The normalized spacial score (nSPS) is 19.8. The van der Waals surface area contributed by atoms with Gasteiger partial charge in [-0.2, -0.15) is 0 Å². The Bertz CT molecular complexity index is 111. The molecule has 1 aliphatic heterocycles. The third-order valence-electron chi connectivity index (χ3n) is 1.09. The van der Waals surface area contributed by atoms with Gasteiger partial charge >= 0.3 is 0 Å². The molecule has 0 atom stereocenters. The van der Waals surface area contributed by atoms with E-state index in [-0.39, 0.29) is 0 Å². The van der Waals surface area contributed by atoms with Crippen LogP contribution in [-0.4, -0.2) is 25.0 Å². The fourth-order valence-electron chi connectivity index (χ4n) is 0.655. The Morgan fingerprint density at radius 1 is 1.88 bits per heavy atom. The molecule has 0 amide bonds. The molecule has 0 bridgehead atoms. The summed E-state index contributed by atoms with van der Waals surface area (Å²) in [5.41, 5.74) is 0. The zero-order valence-corrected chi connectivity index (χ0v) is 6.40. The number of likely N-dealkylation sites (N-methyl/N-ethyl adjacent to an activating group) is 1. The molecule has 46 valence electrons. The Morgan fingerprint density at radius 3 is 3.00 bits per heavy atom. The van der Waals surface area contributed by atoms with E-state index in [4.69, 9.17) is 0 Å². The molecule has 2 nitrogen and oxygen atoms in total. The summed E-state index contributed by atoms with van der Waals surface area (Å²) < 4.78 is 1.08. The highest BCUT2D eigenvalue weighted by atomic mass is 79.9. The van der Waals surface area contributed by atoms with E-state index in [0.29, 0.717) is 0 Å². The first-order valence-corrected chi connectivity index (χ1v) is 3.40. The van der Waals surface area contributed by atoms with Crippen LogP contribution in [0.5, 0.6) is 0 Å². The Kier molecular flexibility index (Phi) is 1.78. The third kappa shape index (κ3) is 1.40. The summed E-state index contributed by atoms with van der Waals surface area (Å²) in [5.74, 6) is 0. The van der Waals surface area contributed by atoms with Crippen molar-refractivity contribution in [1.29, 1.82) is 0 Å². The lowest BCUT2D eigenvalue weighted by Gasteiger charge is -2.20. The van der Waals surface area contributed by atoms with E-state index in [9.17, 15) is 0 Å². The number of rotatable bonds is 0. The highest BCUT2D eigenvalue weighted by Gasteiger charge is 2.00. The lowest BCUT2D eigenvalue weighted by atomic mass is 10.5. The molecule has 0 spiro atoms. The molecule has 0 saturated heterocycles. The van der Waals surface area contributed by atoms with E-state index in [0.717, 1.165) is 17.7 Å². The summed E-state index contributed by atoms with van der Waals surface area (Å²) in [6.07, 6.45) is 2.03. The van der Waals surface area contributed by atoms with E-state index in [1.165, 1.54) is 0 Å². The van der Waals surface area contributed by atoms with Crippen molar-refractivity contribution in [2.24, 2.45) is 0 Å². The van der Waals surface area contributed by atoms with E-state index < -0.39 is 0 Å². The largest absolute Gasteiger partial charge is 0.377 e. The SMILES string of the molecule is CN1C=C(Br)NCC1. The maximum Gasteiger partial charge on any atom is 0.0941 e. The first kappa shape index (κ1) is 5.95. The first-order chi connectivity index (χ1) is 3.79. The summed E-state index contributed by atoms with van der Waals surface area (Å²) in [6, 6.07) is 0. The Labute approximate surface area is 57.7 Å². The van der Waals surface area contributed by atoms with Crippen LogP contribution in [-0.2, 0) is 0 Å². The summed E-state index contributed by atoms with van der Waals surface area (Å²) in [7, 11) is 2.06. The summed E-state index contributed by atoms with van der Waals surface area (Å²) in [6.45, 7) is 2.13. The first-order valence-electron chi connectivity index (χ1n) is 2.60. The van der Waals surface area contributed by atoms with E-state index in [2.05, 4.69) is 33.2 Å². The van der Waals surface area contributed by atoms with Gasteiger partial charge in [0.15, 0.2) is 0 Å². The predicted octanol–water partition coefficient (Wildman–Crippen LogP) is 0.715. The van der Waals surface area contributed by atoms with Crippen LogP contribution in [0.15, 0.2) is 10.8 Å².